The van der Waals surface area contributed by atoms with Crippen LogP contribution < -0.4 is 5.73 Å². The number of imidazole rings is 1. The first-order valence-electron chi connectivity index (χ1n) is 3.44. The number of para-hydroxylation sites is 2. The van der Waals surface area contributed by atoms with Crippen molar-refractivity contribution in [2.75, 3.05) is 0 Å². The minimum absolute atomic E-state index is 0.566. The number of fused-ring (bicyclic) bond motifs is 1. The van der Waals surface area contributed by atoms with Crippen LogP contribution in [-0.2, 0) is 0 Å². The normalized spacial score (nSPS) is 10.3. The van der Waals surface area contributed by atoms with Gasteiger partial charge in [0, 0.05) is 0 Å². The fraction of sp³-hybridized carbons (Fsp3) is 0. The molecule has 1 aromatic carbocycles. The summed E-state index contributed by atoms with van der Waals surface area (Å²) < 4.78 is 1.19. The average molecular weight is 160 g/mol. The molecular weight excluding hydrogens is 154 g/mol. The quantitative estimate of drug-likeness (QED) is 0.618. The molecule has 0 atom stereocenters. The van der Waals surface area contributed by atoms with Crippen LogP contribution in [0.25, 0.3) is 11.0 Å². The molecule has 4 nitrogen and oxygen atoms in total. The van der Waals surface area contributed by atoms with Gasteiger partial charge in [0.05, 0.1) is 11.0 Å². The highest BCUT2D eigenvalue weighted by Gasteiger charge is 2.04. The predicted octanol–water partition coefficient (Wildman–Crippen LogP) is 0.763. The van der Waals surface area contributed by atoms with E-state index in [-0.39, 0.29) is 0 Å². The second kappa shape index (κ2) is 2.34. The maximum absolute atomic E-state index is 10.8. The third-order valence-electron chi connectivity index (χ3n) is 1.61. The Balaban J connectivity index is 2.79. The van der Waals surface area contributed by atoms with E-state index >= 15 is 0 Å². The van der Waals surface area contributed by atoms with Crippen molar-refractivity contribution in [3.05, 3.63) is 30.6 Å². The van der Waals surface area contributed by atoms with Crippen LogP contribution in [0.2, 0.25) is 0 Å². The number of carbonyl (C=O) groups excluding carboxylic acids is 1. The molecule has 12 heavy (non-hydrogen) atoms. The zero-order chi connectivity index (χ0) is 8.55. The number of carbonyl (C=O) groups is 1. The van der Waals surface area contributed by atoms with Crippen molar-refractivity contribution in [3.8, 4) is 0 Å². The van der Waals surface area contributed by atoms with Gasteiger partial charge in [0.25, 0.3) is 0 Å². The Kier molecular flexibility index (Phi) is 1.33. The molecule has 0 unspecified atom stereocenters. The summed E-state index contributed by atoms with van der Waals surface area (Å²) in [6.07, 6.45) is 2.51. The lowest BCUT2D eigenvalue weighted by atomic mass is 10.3. The van der Waals surface area contributed by atoms with Crippen molar-refractivity contribution >= 4 is 17.1 Å². The average Bonchev–Trinajstić information content (AvgIpc) is 2.47. The smallest absolute Gasteiger partial charge is 0.325 e. The lowest BCUT2D eigenvalue weighted by molar-refractivity contribution is 0.251. The Bertz CT molecular complexity index is 433. The molecule has 1 aromatic heterocycles. The Morgan fingerprint density at radius 3 is 3.00 bits per heavy atom. The lowest BCUT2D eigenvalue weighted by Gasteiger charge is -1.94. The van der Waals surface area contributed by atoms with E-state index < -0.39 is 6.03 Å². The number of primary amides is 1. The summed E-state index contributed by atoms with van der Waals surface area (Å²) in [4.78, 5) is 14.7. The van der Waals surface area contributed by atoms with Crippen molar-refractivity contribution in [2.45, 2.75) is 0 Å². The molecule has 1 radical (unpaired) electrons. The standard InChI is InChI=1S/C8H6N3O/c9-8(12)11-5-10-6-3-1-2-4-7(6)11/h1-4H,(H2,9,12). The molecule has 1 amide bonds. The third kappa shape index (κ3) is 0.852. The van der Waals surface area contributed by atoms with Crippen LogP contribution in [0.5, 0.6) is 0 Å². The molecule has 0 aliphatic rings. The fourth-order valence-corrected chi connectivity index (χ4v) is 1.07. The first-order chi connectivity index (χ1) is 5.79. The van der Waals surface area contributed by atoms with Crippen LogP contribution in [0, 0.1) is 6.33 Å². The van der Waals surface area contributed by atoms with E-state index in [2.05, 4.69) is 11.3 Å². The van der Waals surface area contributed by atoms with Gasteiger partial charge in [0.1, 0.15) is 0 Å². The number of hydrogen-bond acceptors (Lipinski definition) is 2. The van der Waals surface area contributed by atoms with E-state index in [1.54, 1.807) is 12.1 Å². The number of amides is 1. The van der Waals surface area contributed by atoms with Crippen LogP contribution in [-0.4, -0.2) is 15.6 Å². The maximum Gasteiger partial charge on any atom is 0.325 e. The number of nitrogens with two attached hydrogens (primary N) is 1. The molecule has 2 aromatic rings. The Hall–Kier alpha value is -1.84. The zero-order valence-electron chi connectivity index (χ0n) is 6.19. The van der Waals surface area contributed by atoms with Gasteiger partial charge in [-0.05, 0) is 12.1 Å². The Morgan fingerprint density at radius 2 is 2.25 bits per heavy atom. The van der Waals surface area contributed by atoms with Gasteiger partial charge in [-0.3, -0.25) is 0 Å². The predicted molar refractivity (Wildman–Crippen MR) is 43.6 cm³/mol. The Labute approximate surface area is 68.6 Å². The molecule has 0 saturated carbocycles. The first-order valence-corrected chi connectivity index (χ1v) is 3.44. The number of benzene rings is 1. The summed E-state index contributed by atoms with van der Waals surface area (Å²) in [5.41, 5.74) is 6.48. The molecule has 2 N–H and O–H groups in total. The van der Waals surface area contributed by atoms with Crippen molar-refractivity contribution in [1.82, 2.24) is 9.55 Å². The second-order valence-electron chi connectivity index (χ2n) is 2.37. The highest BCUT2D eigenvalue weighted by molar-refractivity contribution is 5.87. The van der Waals surface area contributed by atoms with Gasteiger partial charge in [-0.2, -0.15) is 0 Å². The van der Waals surface area contributed by atoms with E-state index in [9.17, 15) is 4.79 Å². The van der Waals surface area contributed by atoms with Crippen LogP contribution in [0.15, 0.2) is 24.3 Å². The van der Waals surface area contributed by atoms with E-state index in [1.807, 2.05) is 12.1 Å². The van der Waals surface area contributed by atoms with Crippen molar-refractivity contribution < 1.29 is 4.79 Å². The van der Waals surface area contributed by atoms with E-state index in [0.29, 0.717) is 5.52 Å². The summed E-state index contributed by atoms with van der Waals surface area (Å²) in [6.45, 7) is 0. The number of rotatable bonds is 0. The Morgan fingerprint density at radius 1 is 1.50 bits per heavy atom. The highest BCUT2D eigenvalue weighted by atomic mass is 16.2. The molecule has 4 heteroatoms. The monoisotopic (exact) mass is 160 g/mol. The molecule has 1 heterocycles. The molecule has 0 saturated heterocycles. The maximum atomic E-state index is 10.8. The summed E-state index contributed by atoms with van der Waals surface area (Å²) >= 11 is 0. The molecule has 0 bridgehead atoms. The summed E-state index contributed by atoms with van der Waals surface area (Å²) in [7, 11) is 0. The van der Waals surface area contributed by atoms with Crippen molar-refractivity contribution in [2.24, 2.45) is 5.73 Å². The van der Waals surface area contributed by atoms with E-state index in [1.165, 1.54) is 4.57 Å². The van der Waals surface area contributed by atoms with Crippen molar-refractivity contribution in [3.63, 3.8) is 0 Å². The zero-order valence-corrected chi connectivity index (χ0v) is 6.19. The number of hydrogen-bond donors (Lipinski definition) is 1. The first kappa shape index (κ1) is 6.84. The largest absolute Gasteiger partial charge is 0.351 e. The van der Waals surface area contributed by atoms with Gasteiger partial charge in [-0.25, -0.2) is 14.3 Å². The topological polar surface area (TPSA) is 60.9 Å². The second-order valence-corrected chi connectivity index (χ2v) is 2.37. The highest BCUT2D eigenvalue weighted by Crippen LogP contribution is 2.09. The van der Waals surface area contributed by atoms with Crippen LogP contribution in [0.1, 0.15) is 0 Å². The minimum atomic E-state index is -0.566. The summed E-state index contributed by atoms with van der Waals surface area (Å²) in [5, 5.41) is 0. The van der Waals surface area contributed by atoms with Gasteiger partial charge < -0.3 is 5.73 Å². The van der Waals surface area contributed by atoms with E-state index in [4.69, 9.17) is 5.73 Å². The van der Waals surface area contributed by atoms with Gasteiger partial charge in [-0.1, -0.05) is 12.1 Å². The minimum Gasteiger partial charge on any atom is -0.351 e. The van der Waals surface area contributed by atoms with Crippen LogP contribution >= 0.6 is 0 Å². The molecule has 2 rings (SSSR count). The third-order valence-corrected chi connectivity index (χ3v) is 1.61. The van der Waals surface area contributed by atoms with Crippen molar-refractivity contribution in [1.29, 1.82) is 0 Å². The number of aromatic nitrogens is 2. The molecular formula is C8H6N3O. The molecule has 0 spiro atoms. The SMILES string of the molecule is NC(=O)n1[c]nc2ccccc21. The van der Waals surface area contributed by atoms with Gasteiger partial charge in [0.15, 0.2) is 6.33 Å². The lowest BCUT2D eigenvalue weighted by Crippen LogP contribution is -2.18. The fourth-order valence-electron chi connectivity index (χ4n) is 1.07. The van der Waals surface area contributed by atoms with E-state index in [0.717, 1.165) is 5.52 Å². The van der Waals surface area contributed by atoms with Crippen LogP contribution in [0.3, 0.4) is 0 Å². The molecule has 59 valence electrons. The summed E-state index contributed by atoms with van der Waals surface area (Å²) in [5.74, 6) is 0. The van der Waals surface area contributed by atoms with Crippen LogP contribution in [0.4, 0.5) is 4.79 Å². The molecule has 0 aliphatic carbocycles. The molecule has 0 aliphatic heterocycles. The molecule has 0 fully saturated rings. The van der Waals surface area contributed by atoms with Gasteiger partial charge in [0.2, 0.25) is 0 Å². The summed E-state index contributed by atoms with van der Waals surface area (Å²) in [6, 6.07) is 6.66. The van der Waals surface area contributed by atoms with Gasteiger partial charge >= 0.3 is 6.03 Å². The van der Waals surface area contributed by atoms with Gasteiger partial charge in [-0.15, -0.1) is 0 Å². The number of nitrogens with zero attached hydrogens (tertiary/aromatic N) is 2.